The van der Waals surface area contributed by atoms with E-state index < -0.39 is 31.8 Å². The first-order valence-corrected chi connectivity index (χ1v) is 5.29. The zero-order valence-corrected chi connectivity index (χ0v) is 10.3. The average Bonchev–Trinajstić information content (AvgIpc) is 1.83. The quantitative estimate of drug-likeness (QED) is 0.411. The Bertz CT molecular complexity index is 311. The third kappa shape index (κ3) is 14.2. The molecule has 15 heavy (non-hydrogen) atoms. The molecule has 0 aromatic rings. The first-order chi connectivity index (χ1) is 5.89. The molecule has 0 heterocycles. The SMILES string of the molecule is O=S(=O)([O-])C(F)F.O=S(=O)([O-])C(F)F.[Ir]. The minimum atomic E-state index is -5.32. The maximum Gasteiger partial charge on any atom is 0.325 e. The van der Waals surface area contributed by atoms with Crippen molar-refractivity contribution in [1.82, 2.24) is 0 Å². The van der Waals surface area contributed by atoms with Gasteiger partial charge >= 0.3 is 11.5 Å². The molecular weight excluding hydrogens is 452 g/mol. The third-order valence-corrected chi connectivity index (χ3v) is 1.31. The van der Waals surface area contributed by atoms with Gasteiger partial charge in [-0.15, -0.1) is 0 Å². The van der Waals surface area contributed by atoms with Gasteiger partial charge in [0, 0.05) is 20.1 Å². The average molecular weight is 454 g/mol. The van der Waals surface area contributed by atoms with Gasteiger partial charge in [-0.3, -0.25) is 0 Å². The normalized spacial score (nSPS) is 11.7. The molecule has 1 radical (unpaired) electrons. The van der Waals surface area contributed by atoms with Crippen molar-refractivity contribution in [3.63, 3.8) is 0 Å². The molecule has 0 rings (SSSR count). The van der Waals surface area contributed by atoms with Crippen molar-refractivity contribution < 1.29 is 63.6 Å². The van der Waals surface area contributed by atoms with Crippen LogP contribution in [0, 0.1) is 0 Å². The molecule has 0 saturated carbocycles. The van der Waals surface area contributed by atoms with Gasteiger partial charge in [0.05, 0.1) is 0 Å². The molecule has 0 aliphatic carbocycles. The van der Waals surface area contributed by atoms with Crippen molar-refractivity contribution in [1.29, 1.82) is 0 Å². The van der Waals surface area contributed by atoms with E-state index in [1.807, 2.05) is 0 Å². The fourth-order valence-electron chi connectivity index (χ4n) is 0. The van der Waals surface area contributed by atoms with E-state index in [-0.39, 0.29) is 20.1 Å². The van der Waals surface area contributed by atoms with Crippen LogP contribution in [0.2, 0.25) is 0 Å². The van der Waals surface area contributed by atoms with Crippen molar-refractivity contribution in [2.45, 2.75) is 11.5 Å². The second-order valence-corrected chi connectivity index (χ2v) is 4.19. The first-order valence-electron chi connectivity index (χ1n) is 2.34. The summed E-state index contributed by atoms with van der Waals surface area (Å²) < 4.78 is 96.7. The molecule has 0 atom stereocenters. The second kappa shape index (κ2) is 7.46. The van der Waals surface area contributed by atoms with Crippen molar-refractivity contribution in [3.05, 3.63) is 0 Å². The Balaban J connectivity index is -0.000000180. The van der Waals surface area contributed by atoms with Crippen LogP contribution in [-0.2, 0) is 40.3 Å². The van der Waals surface area contributed by atoms with Crippen LogP contribution in [0.5, 0.6) is 0 Å². The van der Waals surface area contributed by atoms with Crippen LogP contribution in [0.25, 0.3) is 0 Å². The zero-order chi connectivity index (χ0) is 12.2. The third-order valence-electron chi connectivity index (χ3n) is 0.436. The largest absolute Gasteiger partial charge is 0.744 e. The van der Waals surface area contributed by atoms with Crippen molar-refractivity contribution in [2.24, 2.45) is 0 Å². The van der Waals surface area contributed by atoms with Gasteiger partial charge in [0.1, 0.15) is 0 Å². The number of hydrogen-bond acceptors (Lipinski definition) is 6. The standard InChI is InChI=1S/2CH2F2O3S.Ir/c2*2-1(3)7(4,5)6;/h2*1H,(H,4,5,6);/p-2. The molecule has 0 N–H and O–H groups in total. The van der Waals surface area contributed by atoms with Crippen LogP contribution in [-0.4, -0.2) is 37.5 Å². The minimum absolute atomic E-state index is 0. The fourth-order valence-corrected chi connectivity index (χ4v) is 0. The Morgan fingerprint density at radius 1 is 0.733 bits per heavy atom. The van der Waals surface area contributed by atoms with Gasteiger partial charge in [-0.25, -0.2) is 16.8 Å². The summed E-state index contributed by atoms with van der Waals surface area (Å²) in [5, 5.41) is 0. The summed E-state index contributed by atoms with van der Waals surface area (Å²) >= 11 is 0. The van der Waals surface area contributed by atoms with E-state index in [1.54, 1.807) is 0 Å². The predicted molar refractivity (Wildman–Crippen MR) is 31.4 cm³/mol. The van der Waals surface area contributed by atoms with E-state index in [0.717, 1.165) is 0 Å². The van der Waals surface area contributed by atoms with Crippen LogP contribution < -0.4 is 0 Å². The fraction of sp³-hybridized carbons (Fsp3) is 1.00. The predicted octanol–water partition coefficient (Wildman–Crippen LogP) is -0.494. The maximum absolute atomic E-state index is 10.6. The van der Waals surface area contributed by atoms with E-state index in [0.29, 0.717) is 0 Å². The Kier molecular flexibility index (Phi) is 10.2. The molecule has 0 amide bonds. The molecule has 0 aliphatic heterocycles. The zero-order valence-electron chi connectivity index (χ0n) is 6.27. The smallest absolute Gasteiger partial charge is 0.325 e. The monoisotopic (exact) mass is 455 g/mol. The summed E-state index contributed by atoms with van der Waals surface area (Å²) in [6.07, 6.45) is 0. The maximum atomic E-state index is 10.6. The molecule has 0 spiro atoms. The van der Waals surface area contributed by atoms with Gasteiger partial charge in [0.25, 0.3) is 0 Å². The van der Waals surface area contributed by atoms with Crippen LogP contribution >= 0.6 is 0 Å². The summed E-state index contributed by atoms with van der Waals surface area (Å²) in [5.41, 5.74) is 0. The second-order valence-electron chi connectivity index (χ2n) is 1.51. The summed E-state index contributed by atoms with van der Waals surface area (Å²) in [6.45, 7) is 0. The van der Waals surface area contributed by atoms with Gasteiger partial charge in [-0.1, -0.05) is 0 Å². The van der Waals surface area contributed by atoms with Crippen molar-refractivity contribution >= 4 is 20.2 Å². The molecule has 0 aromatic carbocycles. The van der Waals surface area contributed by atoms with E-state index in [9.17, 15) is 17.6 Å². The Morgan fingerprint density at radius 3 is 0.800 bits per heavy atom. The molecule has 0 unspecified atom stereocenters. The summed E-state index contributed by atoms with van der Waals surface area (Å²) in [5.74, 6) is -7.57. The molecule has 0 aliphatic rings. The molecule has 13 heteroatoms. The van der Waals surface area contributed by atoms with Crippen molar-refractivity contribution in [3.8, 4) is 0 Å². The van der Waals surface area contributed by atoms with Gasteiger partial charge in [0.15, 0.2) is 20.2 Å². The Labute approximate surface area is 95.5 Å². The molecule has 0 bridgehead atoms. The van der Waals surface area contributed by atoms with Crippen LogP contribution in [0.15, 0.2) is 0 Å². The molecule has 0 saturated heterocycles. The number of hydrogen-bond donors (Lipinski definition) is 0. The number of halogens is 4. The summed E-state index contributed by atoms with van der Waals surface area (Å²) in [6, 6.07) is 0. The van der Waals surface area contributed by atoms with Gasteiger partial charge in [-0.2, -0.15) is 17.6 Å². The van der Waals surface area contributed by atoms with E-state index >= 15 is 0 Å². The topological polar surface area (TPSA) is 114 Å². The molecule has 6 nitrogen and oxygen atoms in total. The van der Waals surface area contributed by atoms with Gasteiger partial charge in [0.2, 0.25) is 0 Å². The van der Waals surface area contributed by atoms with E-state index in [4.69, 9.17) is 25.9 Å². The number of alkyl halides is 4. The molecule has 97 valence electrons. The van der Waals surface area contributed by atoms with Crippen LogP contribution in [0.3, 0.4) is 0 Å². The molecule has 0 aromatic heterocycles. The van der Waals surface area contributed by atoms with Gasteiger partial charge in [-0.05, 0) is 0 Å². The van der Waals surface area contributed by atoms with E-state index in [2.05, 4.69) is 0 Å². The summed E-state index contributed by atoms with van der Waals surface area (Å²) in [4.78, 5) is 0. The minimum Gasteiger partial charge on any atom is -0.744 e. The Hall–Kier alpha value is 0.189. The first kappa shape index (κ1) is 20.6. The van der Waals surface area contributed by atoms with E-state index in [1.165, 1.54) is 0 Å². The Morgan fingerprint density at radius 2 is 0.800 bits per heavy atom. The summed E-state index contributed by atoms with van der Waals surface area (Å²) in [7, 11) is -10.6. The molecular formula is C2H2F4IrO6S2-2. The van der Waals surface area contributed by atoms with Crippen LogP contribution in [0.4, 0.5) is 17.6 Å². The van der Waals surface area contributed by atoms with Crippen LogP contribution in [0.1, 0.15) is 0 Å². The van der Waals surface area contributed by atoms with Crippen molar-refractivity contribution in [2.75, 3.05) is 0 Å². The number of rotatable bonds is 2. The van der Waals surface area contributed by atoms with Gasteiger partial charge < -0.3 is 9.11 Å². The molecule has 0 fully saturated rings.